The molecule has 8 nitrogen and oxygen atoms in total. The highest BCUT2D eigenvalue weighted by molar-refractivity contribution is 6.05. The zero-order valence-electron chi connectivity index (χ0n) is 17.1. The van der Waals surface area contributed by atoms with Crippen molar-refractivity contribution >= 4 is 17.7 Å². The molecule has 3 atom stereocenters. The van der Waals surface area contributed by atoms with E-state index in [0.29, 0.717) is 30.7 Å². The van der Waals surface area contributed by atoms with E-state index >= 15 is 0 Å². The molecule has 1 aromatic rings. The Morgan fingerprint density at radius 2 is 1.93 bits per heavy atom. The minimum Gasteiger partial charge on any atom is -0.489 e. The summed E-state index contributed by atoms with van der Waals surface area (Å²) in [6.07, 6.45) is 4.41. The van der Waals surface area contributed by atoms with Crippen LogP contribution in [0.1, 0.15) is 48.0 Å². The largest absolute Gasteiger partial charge is 0.489 e. The summed E-state index contributed by atoms with van der Waals surface area (Å²) < 4.78 is 11.8. The fourth-order valence-corrected chi connectivity index (χ4v) is 5.15. The van der Waals surface area contributed by atoms with Gasteiger partial charge in [-0.05, 0) is 49.4 Å². The lowest BCUT2D eigenvalue weighted by Crippen LogP contribution is -2.58. The molecule has 160 valence electrons. The van der Waals surface area contributed by atoms with Crippen LogP contribution in [0, 0.1) is 0 Å². The summed E-state index contributed by atoms with van der Waals surface area (Å²) >= 11 is 0. The number of likely N-dealkylation sites (tertiary alicyclic amines) is 1. The first kappa shape index (κ1) is 19.5. The van der Waals surface area contributed by atoms with Crippen LogP contribution in [0.15, 0.2) is 18.2 Å². The van der Waals surface area contributed by atoms with Gasteiger partial charge in [0.05, 0.1) is 6.10 Å². The van der Waals surface area contributed by atoms with Crippen molar-refractivity contribution in [1.82, 2.24) is 15.1 Å². The van der Waals surface area contributed by atoms with Crippen molar-refractivity contribution in [2.24, 2.45) is 0 Å². The maximum Gasteiger partial charge on any atom is 0.255 e. The third kappa shape index (κ3) is 3.37. The third-order valence-corrected chi connectivity index (χ3v) is 6.88. The highest BCUT2D eigenvalue weighted by Crippen LogP contribution is 2.34. The molecule has 2 saturated heterocycles. The van der Waals surface area contributed by atoms with Gasteiger partial charge in [-0.15, -0.1) is 0 Å². The number of nitrogens with zero attached hydrogens (tertiary/aromatic N) is 2. The van der Waals surface area contributed by atoms with Crippen molar-refractivity contribution in [2.75, 3.05) is 20.2 Å². The Balaban J connectivity index is 1.26. The minimum absolute atomic E-state index is 0.143. The molecule has 8 heteroatoms. The Labute approximate surface area is 175 Å². The highest BCUT2D eigenvalue weighted by Gasteiger charge is 2.41. The summed E-state index contributed by atoms with van der Waals surface area (Å²) in [7, 11) is 1.76. The third-order valence-electron chi connectivity index (χ3n) is 6.88. The van der Waals surface area contributed by atoms with Crippen LogP contribution in [0.25, 0.3) is 0 Å². The van der Waals surface area contributed by atoms with Gasteiger partial charge in [0.2, 0.25) is 11.8 Å². The van der Waals surface area contributed by atoms with Crippen LogP contribution in [0.2, 0.25) is 0 Å². The van der Waals surface area contributed by atoms with E-state index < -0.39 is 6.04 Å². The summed E-state index contributed by atoms with van der Waals surface area (Å²) in [5.41, 5.74) is 1.49. The molecule has 3 amide bonds. The SMILES string of the molecule is COC1CN([C@H]2CCC[C@H]2Oc2ccc3c(c2)CN(C2CCC(=O)NC2=O)C3=O)C1. The zero-order chi connectivity index (χ0) is 20.8. The van der Waals surface area contributed by atoms with E-state index in [1.165, 1.54) is 0 Å². The second-order valence-electron chi connectivity index (χ2n) is 8.69. The van der Waals surface area contributed by atoms with Crippen LogP contribution >= 0.6 is 0 Å². The van der Waals surface area contributed by atoms with Crippen LogP contribution in [0.4, 0.5) is 0 Å². The average molecular weight is 413 g/mol. The van der Waals surface area contributed by atoms with Crippen molar-refractivity contribution in [3.05, 3.63) is 29.3 Å². The fraction of sp³-hybridized carbons (Fsp3) is 0.591. The first-order valence-electron chi connectivity index (χ1n) is 10.7. The number of hydrogen-bond acceptors (Lipinski definition) is 6. The molecule has 1 aromatic carbocycles. The molecule has 3 heterocycles. The topological polar surface area (TPSA) is 88.2 Å². The molecule has 4 aliphatic rings. The second kappa shape index (κ2) is 7.67. The number of rotatable bonds is 5. The van der Waals surface area contributed by atoms with Gasteiger partial charge in [-0.25, -0.2) is 0 Å². The fourth-order valence-electron chi connectivity index (χ4n) is 5.15. The number of benzene rings is 1. The van der Waals surface area contributed by atoms with Gasteiger partial charge in [-0.3, -0.25) is 24.6 Å². The molecule has 30 heavy (non-hydrogen) atoms. The van der Waals surface area contributed by atoms with Crippen LogP contribution in [0.3, 0.4) is 0 Å². The highest BCUT2D eigenvalue weighted by atomic mass is 16.5. The van der Waals surface area contributed by atoms with Crippen LogP contribution < -0.4 is 10.1 Å². The lowest BCUT2D eigenvalue weighted by molar-refractivity contribution is -0.136. The number of methoxy groups -OCH3 is 1. The Kier molecular flexibility index (Phi) is 4.99. The Morgan fingerprint density at radius 3 is 2.70 bits per heavy atom. The first-order chi connectivity index (χ1) is 14.5. The average Bonchev–Trinajstić information content (AvgIpc) is 3.26. The number of piperidine rings is 1. The number of nitrogens with one attached hydrogen (secondary N) is 1. The van der Waals surface area contributed by atoms with Gasteiger partial charge in [0, 0.05) is 44.8 Å². The van der Waals surface area contributed by atoms with Gasteiger partial charge in [-0.2, -0.15) is 0 Å². The molecule has 0 radical (unpaired) electrons. The van der Waals surface area contributed by atoms with E-state index in [4.69, 9.17) is 9.47 Å². The number of amides is 3. The number of hydrogen-bond donors (Lipinski definition) is 1. The van der Waals surface area contributed by atoms with E-state index in [1.807, 2.05) is 12.1 Å². The molecule has 1 saturated carbocycles. The lowest BCUT2D eigenvalue weighted by Gasteiger charge is -2.44. The predicted octanol–water partition coefficient (Wildman–Crippen LogP) is 1.08. The quantitative estimate of drug-likeness (QED) is 0.727. The Morgan fingerprint density at radius 1 is 1.10 bits per heavy atom. The normalized spacial score (nSPS) is 29.7. The van der Waals surface area contributed by atoms with Gasteiger partial charge in [0.25, 0.3) is 5.91 Å². The summed E-state index contributed by atoms with van der Waals surface area (Å²) in [5, 5.41) is 2.34. The molecule has 0 aromatic heterocycles. The summed E-state index contributed by atoms with van der Waals surface area (Å²) in [6.45, 7) is 2.29. The van der Waals surface area contributed by atoms with E-state index in [9.17, 15) is 14.4 Å². The van der Waals surface area contributed by atoms with Crippen LogP contribution in [-0.4, -0.2) is 72.0 Å². The Hall–Kier alpha value is -2.45. The molecule has 0 bridgehead atoms. The maximum atomic E-state index is 12.8. The molecule has 3 fully saturated rings. The molecule has 3 aliphatic heterocycles. The standard InChI is InChI=1S/C22H27N3O5/c1-29-15-11-24(12-15)17-3-2-4-19(17)30-14-5-6-16-13(9-14)10-25(22(16)28)18-7-8-20(26)23-21(18)27/h5-6,9,15,17-19H,2-4,7-8,10-12H2,1H3,(H,23,26,27)/t17-,18?,19+/m0/s1. The van der Waals surface area contributed by atoms with Gasteiger partial charge in [0.1, 0.15) is 17.9 Å². The van der Waals surface area contributed by atoms with Crippen LogP contribution in [-0.2, 0) is 20.9 Å². The first-order valence-corrected chi connectivity index (χ1v) is 10.7. The van der Waals surface area contributed by atoms with Gasteiger partial charge < -0.3 is 14.4 Å². The van der Waals surface area contributed by atoms with Crippen molar-refractivity contribution in [1.29, 1.82) is 0 Å². The molecule has 1 aliphatic carbocycles. The summed E-state index contributed by atoms with van der Waals surface area (Å²) in [5.74, 6) is -0.0498. The van der Waals surface area contributed by atoms with Crippen molar-refractivity contribution < 1.29 is 23.9 Å². The van der Waals surface area contributed by atoms with Gasteiger partial charge >= 0.3 is 0 Å². The van der Waals surface area contributed by atoms with E-state index in [2.05, 4.69) is 10.2 Å². The Bertz CT molecular complexity index is 882. The molecule has 0 spiro atoms. The van der Waals surface area contributed by atoms with E-state index in [0.717, 1.165) is 43.7 Å². The minimum atomic E-state index is -0.591. The number of carbonyl (C=O) groups excluding carboxylic acids is 3. The molecular formula is C22H27N3O5. The zero-order valence-corrected chi connectivity index (χ0v) is 17.1. The van der Waals surface area contributed by atoms with Gasteiger partial charge in [-0.1, -0.05) is 0 Å². The molecule has 1 N–H and O–H groups in total. The van der Waals surface area contributed by atoms with E-state index in [1.54, 1.807) is 18.1 Å². The monoisotopic (exact) mass is 413 g/mol. The predicted molar refractivity (Wildman–Crippen MR) is 107 cm³/mol. The molecule has 5 rings (SSSR count). The number of imide groups is 1. The van der Waals surface area contributed by atoms with Crippen molar-refractivity contribution in [2.45, 2.75) is 62.9 Å². The summed E-state index contributed by atoms with van der Waals surface area (Å²) in [6, 6.07) is 5.40. The number of fused-ring (bicyclic) bond motifs is 1. The lowest BCUT2D eigenvalue weighted by atomic mass is 10.0. The van der Waals surface area contributed by atoms with Crippen LogP contribution in [0.5, 0.6) is 5.75 Å². The van der Waals surface area contributed by atoms with Gasteiger partial charge in [0.15, 0.2) is 0 Å². The smallest absolute Gasteiger partial charge is 0.255 e. The number of ether oxygens (including phenoxy) is 2. The molecule has 1 unspecified atom stereocenters. The van der Waals surface area contributed by atoms with Crippen molar-refractivity contribution in [3.63, 3.8) is 0 Å². The second-order valence-corrected chi connectivity index (χ2v) is 8.69. The summed E-state index contributed by atoms with van der Waals surface area (Å²) in [4.78, 5) is 40.5. The van der Waals surface area contributed by atoms with Crippen molar-refractivity contribution in [3.8, 4) is 5.75 Å². The maximum absolute atomic E-state index is 12.8. The molecular weight excluding hydrogens is 386 g/mol. The number of carbonyl (C=O) groups is 3. The van der Waals surface area contributed by atoms with E-state index in [-0.39, 0.29) is 30.2 Å².